The summed E-state index contributed by atoms with van der Waals surface area (Å²) in [4.78, 5) is 0. The fourth-order valence-electron chi connectivity index (χ4n) is 0.460. The van der Waals surface area contributed by atoms with E-state index in [4.69, 9.17) is 0 Å². The summed E-state index contributed by atoms with van der Waals surface area (Å²) in [6, 6.07) is 0. The second-order valence-corrected chi connectivity index (χ2v) is 2.60. The minimum atomic E-state index is -1.27. The summed E-state index contributed by atoms with van der Waals surface area (Å²) in [7, 11) is 0. The van der Waals surface area contributed by atoms with Crippen LogP contribution < -0.4 is 0 Å². The number of unbranched alkanes of at least 4 members (excludes halogenated alkanes) is 1. The molecule has 0 amide bonds. The van der Waals surface area contributed by atoms with E-state index in [0.717, 1.165) is 12.8 Å². The highest BCUT2D eigenvalue weighted by Crippen LogP contribution is 2.12. The van der Waals surface area contributed by atoms with Gasteiger partial charge in [0.25, 0.3) is 0 Å². The van der Waals surface area contributed by atoms with Crippen molar-refractivity contribution in [1.82, 2.24) is 0 Å². The van der Waals surface area contributed by atoms with Gasteiger partial charge in [-0.3, -0.25) is 0 Å². The summed E-state index contributed by atoms with van der Waals surface area (Å²) in [5.41, 5.74) is -1.27. The summed E-state index contributed by atoms with van der Waals surface area (Å²) >= 11 is 0. The summed E-state index contributed by atoms with van der Waals surface area (Å²) in [5.74, 6) is 5.39. The summed E-state index contributed by atoms with van der Waals surface area (Å²) in [6.07, 6.45) is 2.29. The number of hydrogen-bond acceptors (Lipinski definition) is 0. The van der Waals surface area contributed by atoms with Crippen LogP contribution in [-0.2, 0) is 0 Å². The fraction of sp³-hybridized carbons (Fsp3) is 0.636. The van der Waals surface area contributed by atoms with Gasteiger partial charge in [0.05, 0.1) is 0 Å². The maximum Gasteiger partial charge on any atom is 0.167 e. The maximum atomic E-state index is 13.0. The van der Waals surface area contributed by atoms with Crippen LogP contribution in [0.3, 0.4) is 0 Å². The van der Waals surface area contributed by atoms with Crippen LogP contribution in [0.2, 0.25) is 0 Å². The van der Waals surface area contributed by atoms with E-state index in [1.54, 1.807) is 6.92 Å². The molecule has 0 saturated carbocycles. The van der Waals surface area contributed by atoms with Crippen LogP contribution in [-0.4, -0.2) is 5.67 Å². The third-order valence-corrected chi connectivity index (χ3v) is 1.39. The number of hydrogen-bond donors (Lipinski definition) is 0. The Balaban J connectivity index is 0. The third-order valence-electron chi connectivity index (χ3n) is 1.39. The molecular weight excluding hydrogens is 151 g/mol. The van der Waals surface area contributed by atoms with Crippen LogP contribution in [0, 0.1) is 11.8 Å². The van der Waals surface area contributed by atoms with Gasteiger partial charge in [0.1, 0.15) is 0 Å². The first-order chi connectivity index (χ1) is 5.62. The Morgan fingerprint density at radius 2 is 1.83 bits per heavy atom. The van der Waals surface area contributed by atoms with Gasteiger partial charge in [-0.15, -0.1) is 13.2 Å². The molecule has 1 atom stereocenters. The van der Waals surface area contributed by atoms with Gasteiger partial charge in [-0.05, 0) is 19.8 Å². The van der Waals surface area contributed by atoms with E-state index in [0.29, 0.717) is 6.42 Å². The van der Waals surface area contributed by atoms with Crippen LogP contribution >= 0.6 is 0 Å². The molecule has 0 saturated heterocycles. The van der Waals surface area contributed by atoms with Gasteiger partial charge in [0.2, 0.25) is 0 Å². The Kier molecular flexibility index (Phi) is 9.57. The molecule has 1 heteroatoms. The molecule has 0 N–H and O–H groups in total. The Labute approximate surface area is 75.9 Å². The number of rotatable bonds is 2. The van der Waals surface area contributed by atoms with Crippen molar-refractivity contribution >= 4 is 0 Å². The summed E-state index contributed by atoms with van der Waals surface area (Å²) in [6.45, 7) is 11.4. The molecule has 0 aliphatic heterocycles. The van der Waals surface area contributed by atoms with E-state index in [9.17, 15) is 4.39 Å². The largest absolute Gasteiger partial charge is 0.230 e. The van der Waals surface area contributed by atoms with Crippen LogP contribution in [0.1, 0.15) is 40.0 Å². The zero-order valence-electron chi connectivity index (χ0n) is 8.41. The van der Waals surface area contributed by atoms with E-state index < -0.39 is 5.67 Å². The van der Waals surface area contributed by atoms with Gasteiger partial charge in [-0.25, -0.2) is 4.39 Å². The molecule has 0 spiro atoms. The van der Waals surface area contributed by atoms with E-state index in [-0.39, 0.29) is 0 Å². The normalized spacial score (nSPS) is 13.0. The van der Waals surface area contributed by atoms with Crippen LogP contribution in [0.15, 0.2) is 13.2 Å². The van der Waals surface area contributed by atoms with Crippen LogP contribution in [0.4, 0.5) is 4.39 Å². The highest BCUT2D eigenvalue weighted by atomic mass is 19.1. The Morgan fingerprint density at radius 1 is 1.33 bits per heavy atom. The lowest BCUT2D eigenvalue weighted by molar-refractivity contribution is 0.263. The predicted molar refractivity (Wildman–Crippen MR) is 53.7 cm³/mol. The third kappa shape index (κ3) is 9.23. The minimum absolute atomic E-state index is 0.476. The molecule has 0 rings (SSSR count). The van der Waals surface area contributed by atoms with Gasteiger partial charge < -0.3 is 0 Å². The molecule has 1 unspecified atom stereocenters. The average Bonchev–Trinajstić information content (AvgIpc) is 2.09. The Hall–Kier alpha value is -0.770. The van der Waals surface area contributed by atoms with E-state index >= 15 is 0 Å². The smallest absolute Gasteiger partial charge is 0.167 e. The minimum Gasteiger partial charge on any atom is -0.230 e. The summed E-state index contributed by atoms with van der Waals surface area (Å²) in [5, 5.41) is 0. The van der Waals surface area contributed by atoms with Gasteiger partial charge in [-0.1, -0.05) is 25.7 Å². The van der Waals surface area contributed by atoms with Crippen molar-refractivity contribution in [2.75, 3.05) is 0 Å². The first-order valence-corrected chi connectivity index (χ1v) is 4.31. The molecule has 0 bridgehead atoms. The van der Waals surface area contributed by atoms with Crippen molar-refractivity contribution in [3.8, 4) is 11.8 Å². The first kappa shape index (κ1) is 13.8. The lowest BCUT2D eigenvalue weighted by Crippen LogP contribution is -2.12. The molecule has 0 nitrogen and oxygen atoms in total. The molecule has 12 heavy (non-hydrogen) atoms. The lowest BCUT2D eigenvalue weighted by atomic mass is 10.1. The van der Waals surface area contributed by atoms with Gasteiger partial charge in [0, 0.05) is 6.42 Å². The van der Waals surface area contributed by atoms with Crippen molar-refractivity contribution in [3.63, 3.8) is 0 Å². The van der Waals surface area contributed by atoms with Gasteiger partial charge in [-0.2, -0.15) is 0 Å². The van der Waals surface area contributed by atoms with Crippen molar-refractivity contribution in [2.45, 2.75) is 45.7 Å². The summed E-state index contributed by atoms with van der Waals surface area (Å²) < 4.78 is 13.0. The molecule has 0 aromatic carbocycles. The zero-order valence-corrected chi connectivity index (χ0v) is 8.41. The van der Waals surface area contributed by atoms with Crippen LogP contribution in [0.25, 0.3) is 0 Å². The molecule has 70 valence electrons. The van der Waals surface area contributed by atoms with E-state index in [1.165, 1.54) is 6.92 Å². The van der Waals surface area contributed by atoms with Crippen LogP contribution in [0.5, 0.6) is 0 Å². The van der Waals surface area contributed by atoms with Gasteiger partial charge >= 0.3 is 0 Å². The fourth-order valence-corrected chi connectivity index (χ4v) is 0.460. The zero-order chi connectivity index (χ0) is 10.0. The second-order valence-electron chi connectivity index (χ2n) is 2.60. The quantitative estimate of drug-likeness (QED) is 0.437. The molecule has 0 aromatic rings. The molecule has 0 radical (unpaired) electrons. The van der Waals surface area contributed by atoms with Crippen molar-refractivity contribution in [1.29, 1.82) is 0 Å². The van der Waals surface area contributed by atoms with E-state index in [1.807, 2.05) is 6.92 Å². The van der Waals surface area contributed by atoms with Gasteiger partial charge in [0.15, 0.2) is 5.67 Å². The predicted octanol–water partition coefficient (Wildman–Crippen LogP) is 3.73. The molecular formula is C11H19F. The van der Waals surface area contributed by atoms with E-state index in [2.05, 4.69) is 25.0 Å². The van der Waals surface area contributed by atoms with Crippen molar-refractivity contribution in [2.24, 2.45) is 0 Å². The molecule has 0 fully saturated rings. The molecule has 0 heterocycles. The average molecular weight is 170 g/mol. The Morgan fingerprint density at radius 3 is 2.17 bits per heavy atom. The Bertz CT molecular complexity index is 148. The topological polar surface area (TPSA) is 0 Å². The van der Waals surface area contributed by atoms with Crippen molar-refractivity contribution in [3.05, 3.63) is 13.2 Å². The maximum absolute atomic E-state index is 13.0. The standard InChI is InChI=1S/C9H15F.C2H4/c1-4-6-7-8-9(3,10)5-2;1-2/h4-6H2,1-3H3;1-2H2. The molecule has 0 aliphatic carbocycles. The first-order valence-electron chi connectivity index (χ1n) is 4.31. The SMILES string of the molecule is C=C.CCCC#CC(C)(F)CC. The molecule has 0 aliphatic rings. The second kappa shape index (κ2) is 8.33. The number of halogens is 1. The molecule has 0 aromatic heterocycles. The lowest BCUT2D eigenvalue weighted by Gasteiger charge is -2.07. The number of alkyl halides is 1. The van der Waals surface area contributed by atoms with Crippen molar-refractivity contribution < 1.29 is 4.39 Å². The monoisotopic (exact) mass is 170 g/mol. The highest BCUT2D eigenvalue weighted by Gasteiger charge is 2.14. The highest BCUT2D eigenvalue weighted by molar-refractivity contribution is 5.11.